The van der Waals surface area contributed by atoms with E-state index in [-0.39, 0.29) is 17.2 Å². The lowest BCUT2D eigenvalue weighted by Crippen LogP contribution is -2.31. The van der Waals surface area contributed by atoms with Gasteiger partial charge in [-0.3, -0.25) is 14.4 Å². The van der Waals surface area contributed by atoms with E-state index in [2.05, 4.69) is 21.2 Å². The van der Waals surface area contributed by atoms with E-state index < -0.39 is 11.8 Å². The van der Waals surface area contributed by atoms with Crippen molar-refractivity contribution >= 4 is 45.0 Å². The number of carbonyl (C=O) groups excluding carboxylic acids is 3. The van der Waals surface area contributed by atoms with E-state index in [1.54, 1.807) is 42.5 Å². The molecule has 0 bridgehead atoms. The number of para-hydroxylation sites is 2. The summed E-state index contributed by atoms with van der Waals surface area (Å²) in [6.45, 7) is 4.07. The Morgan fingerprint density at radius 3 is 2.19 bits per heavy atom. The number of hydrogen-bond acceptors (Lipinski definition) is 3. The van der Waals surface area contributed by atoms with Crippen molar-refractivity contribution in [2.24, 2.45) is 0 Å². The number of nitrogens with zero attached hydrogens (tertiary/aromatic N) is 1. The van der Waals surface area contributed by atoms with Gasteiger partial charge in [0.2, 0.25) is 0 Å². The first-order valence-electron chi connectivity index (χ1n) is 10.2. The summed E-state index contributed by atoms with van der Waals surface area (Å²) in [6, 6.07) is 17.6. The van der Waals surface area contributed by atoms with Crippen LogP contribution in [0.25, 0.3) is 0 Å². The summed E-state index contributed by atoms with van der Waals surface area (Å²) in [6.07, 6.45) is 1.55. The molecule has 0 radical (unpaired) electrons. The summed E-state index contributed by atoms with van der Waals surface area (Å²) in [5, 5.41) is 3.03. The molecule has 3 aromatic rings. The number of halogens is 1. The first-order valence-corrected chi connectivity index (χ1v) is 10.9. The zero-order valence-electron chi connectivity index (χ0n) is 17.2. The molecule has 0 spiro atoms. The minimum atomic E-state index is -0.440. The minimum Gasteiger partial charge on any atom is -0.321 e. The number of anilines is 2. The average Bonchev–Trinajstić information content (AvgIpc) is 3.03. The molecule has 0 atom stereocenters. The van der Waals surface area contributed by atoms with E-state index in [9.17, 15) is 14.4 Å². The predicted octanol–water partition coefficient (Wildman–Crippen LogP) is 5.63. The van der Waals surface area contributed by atoms with Gasteiger partial charge in [-0.15, -0.1) is 0 Å². The van der Waals surface area contributed by atoms with E-state index >= 15 is 0 Å². The van der Waals surface area contributed by atoms with E-state index in [4.69, 9.17) is 0 Å². The Kier molecular flexibility index (Phi) is 5.74. The number of nitrogens with one attached hydrogen (secondary N) is 1. The lowest BCUT2D eigenvalue weighted by Gasteiger charge is -2.19. The van der Waals surface area contributed by atoms with Crippen LogP contribution in [-0.2, 0) is 12.8 Å². The third kappa shape index (κ3) is 3.68. The van der Waals surface area contributed by atoms with Crippen LogP contribution in [0.1, 0.15) is 56.0 Å². The Balaban J connectivity index is 1.74. The summed E-state index contributed by atoms with van der Waals surface area (Å²) in [4.78, 5) is 40.4. The number of hydrogen-bond donors (Lipinski definition) is 1. The minimum absolute atomic E-state index is 0.268. The molecule has 4 rings (SSSR count). The van der Waals surface area contributed by atoms with Crippen LogP contribution < -0.4 is 10.2 Å². The standard InChI is InChI=1S/C25H21BrN2O3/c1-3-15-8-7-9-16(4-2)22(15)27-23(29)19-10-5-6-11-21(19)28-24(30)18-13-12-17(26)14-20(18)25(28)31/h5-14H,3-4H2,1-2H3,(H,27,29). The molecule has 156 valence electrons. The topological polar surface area (TPSA) is 66.5 Å². The second-order valence-corrected chi connectivity index (χ2v) is 8.18. The SMILES string of the molecule is CCc1cccc(CC)c1NC(=O)c1ccccc1N1C(=O)c2ccc(Br)cc2C1=O. The maximum Gasteiger partial charge on any atom is 0.266 e. The van der Waals surface area contributed by atoms with Crippen molar-refractivity contribution in [3.8, 4) is 0 Å². The molecule has 0 fully saturated rings. The predicted molar refractivity (Wildman–Crippen MR) is 125 cm³/mol. The molecule has 3 amide bonds. The molecule has 1 aliphatic rings. The third-order valence-electron chi connectivity index (χ3n) is 5.48. The Labute approximate surface area is 189 Å². The van der Waals surface area contributed by atoms with E-state index in [0.717, 1.165) is 34.6 Å². The monoisotopic (exact) mass is 476 g/mol. The molecule has 1 N–H and O–H groups in total. The highest BCUT2D eigenvalue weighted by Gasteiger charge is 2.38. The van der Waals surface area contributed by atoms with Crippen molar-refractivity contribution in [3.63, 3.8) is 0 Å². The van der Waals surface area contributed by atoms with Crippen molar-refractivity contribution < 1.29 is 14.4 Å². The second-order valence-electron chi connectivity index (χ2n) is 7.27. The maximum atomic E-state index is 13.3. The van der Waals surface area contributed by atoms with Crippen LogP contribution in [-0.4, -0.2) is 17.7 Å². The van der Waals surface area contributed by atoms with Crippen molar-refractivity contribution in [1.82, 2.24) is 0 Å². The second kappa shape index (κ2) is 8.47. The number of benzene rings is 3. The van der Waals surface area contributed by atoms with Crippen molar-refractivity contribution in [3.05, 3.63) is 93.0 Å². The lowest BCUT2D eigenvalue weighted by molar-refractivity contribution is 0.0926. The molecule has 0 saturated carbocycles. The fraction of sp³-hybridized carbons (Fsp3) is 0.160. The highest BCUT2D eigenvalue weighted by molar-refractivity contribution is 9.10. The number of fused-ring (bicyclic) bond motifs is 1. The molecule has 1 aliphatic heterocycles. The van der Waals surface area contributed by atoms with Gasteiger partial charge in [0.05, 0.1) is 22.4 Å². The van der Waals surface area contributed by atoms with Gasteiger partial charge in [-0.05, 0) is 54.3 Å². The average molecular weight is 477 g/mol. The number of rotatable bonds is 5. The van der Waals surface area contributed by atoms with Gasteiger partial charge in [0.25, 0.3) is 17.7 Å². The highest BCUT2D eigenvalue weighted by atomic mass is 79.9. The van der Waals surface area contributed by atoms with Crippen molar-refractivity contribution in [2.75, 3.05) is 10.2 Å². The van der Waals surface area contributed by atoms with Crippen molar-refractivity contribution in [1.29, 1.82) is 0 Å². The van der Waals surface area contributed by atoms with Crippen LogP contribution >= 0.6 is 15.9 Å². The molecular formula is C25H21BrN2O3. The molecule has 0 saturated heterocycles. The van der Waals surface area contributed by atoms with Gasteiger partial charge in [0.15, 0.2) is 0 Å². The van der Waals surface area contributed by atoms with Crippen LogP contribution in [0.2, 0.25) is 0 Å². The van der Waals surface area contributed by atoms with Crippen LogP contribution in [0, 0.1) is 0 Å². The van der Waals surface area contributed by atoms with Crippen LogP contribution in [0.3, 0.4) is 0 Å². The first kappa shape index (κ1) is 21.0. The fourth-order valence-corrected chi connectivity index (χ4v) is 4.24. The van der Waals surface area contributed by atoms with E-state index in [1.165, 1.54) is 0 Å². The van der Waals surface area contributed by atoms with Gasteiger partial charge in [-0.1, -0.05) is 60.1 Å². The summed E-state index contributed by atoms with van der Waals surface area (Å²) < 4.78 is 0.712. The number of amides is 3. The Morgan fingerprint density at radius 2 is 1.52 bits per heavy atom. The molecule has 31 heavy (non-hydrogen) atoms. The van der Waals surface area contributed by atoms with Gasteiger partial charge in [-0.2, -0.15) is 0 Å². The highest BCUT2D eigenvalue weighted by Crippen LogP contribution is 2.33. The molecule has 6 heteroatoms. The van der Waals surface area contributed by atoms with Gasteiger partial charge in [0, 0.05) is 10.2 Å². The summed E-state index contributed by atoms with van der Waals surface area (Å²) in [5.41, 5.74) is 4.05. The molecule has 0 unspecified atom stereocenters. The van der Waals surface area contributed by atoms with Gasteiger partial charge < -0.3 is 5.32 Å². The van der Waals surface area contributed by atoms with Gasteiger partial charge in [-0.25, -0.2) is 4.90 Å². The number of aryl methyl sites for hydroxylation is 2. The summed E-state index contributed by atoms with van der Waals surface area (Å²) in [7, 11) is 0. The van der Waals surface area contributed by atoms with Crippen LogP contribution in [0.5, 0.6) is 0 Å². The molecule has 0 aliphatic carbocycles. The Bertz CT molecular complexity index is 1200. The van der Waals surface area contributed by atoms with Gasteiger partial charge in [0.1, 0.15) is 0 Å². The fourth-order valence-electron chi connectivity index (χ4n) is 3.88. The Morgan fingerprint density at radius 1 is 0.871 bits per heavy atom. The molecule has 5 nitrogen and oxygen atoms in total. The smallest absolute Gasteiger partial charge is 0.266 e. The first-order chi connectivity index (χ1) is 15.0. The Hall–Kier alpha value is -3.25. The van der Waals surface area contributed by atoms with Crippen molar-refractivity contribution in [2.45, 2.75) is 26.7 Å². The number of carbonyl (C=O) groups is 3. The zero-order valence-corrected chi connectivity index (χ0v) is 18.8. The lowest BCUT2D eigenvalue weighted by atomic mass is 10.0. The third-order valence-corrected chi connectivity index (χ3v) is 5.97. The van der Waals surface area contributed by atoms with Gasteiger partial charge >= 0.3 is 0 Å². The summed E-state index contributed by atoms with van der Waals surface area (Å²) >= 11 is 3.34. The largest absolute Gasteiger partial charge is 0.321 e. The quantitative estimate of drug-likeness (QED) is 0.485. The molecule has 3 aromatic carbocycles. The summed E-state index contributed by atoms with van der Waals surface area (Å²) in [5.74, 6) is -1.23. The maximum absolute atomic E-state index is 13.3. The number of imide groups is 1. The van der Waals surface area contributed by atoms with Crippen LogP contribution in [0.4, 0.5) is 11.4 Å². The normalized spacial score (nSPS) is 12.8. The zero-order chi connectivity index (χ0) is 22.1. The van der Waals surface area contributed by atoms with E-state index in [1.807, 2.05) is 32.0 Å². The van der Waals surface area contributed by atoms with E-state index in [0.29, 0.717) is 15.6 Å². The molecular weight excluding hydrogens is 456 g/mol. The van der Waals surface area contributed by atoms with Crippen LogP contribution in [0.15, 0.2) is 65.1 Å². The molecule has 0 aromatic heterocycles. The molecule has 1 heterocycles.